The fourth-order valence-corrected chi connectivity index (χ4v) is 2.09. The van der Waals surface area contributed by atoms with Crippen molar-refractivity contribution in [2.75, 3.05) is 11.9 Å². The van der Waals surface area contributed by atoms with Crippen molar-refractivity contribution in [3.05, 3.63) is 40.3 Å². The van der Waals surface area contributed by atoms with Crippen molar-refractivity contribution in [1.82, 2.24) is 14.8 Å². The number of nitrogens with one attached hydrogen (secondary N) is 1. The van der Waals surface area contributed by atoms with Crippen LogP contribution in [0, 0.1) is 6.92 Å². The van der Waals surface area contributed by atoms with Gasteiger partial charge in [0.2, 0.25) is 0 Å². The van der Waals surface area contributed by atoms with Crippen LogP contribution in [0.1, 0.15) is 17.2 Å². The van der Waals surface area contributed by atoms with E-state index in [1.165, 1.54) is 0 Å². The van der Waals surface area contributed by atoms with E-state index in [1.54, 1.807) is 23.3 Å². The van der Waals surface area contributed by atoms with Crippen LogP contribution in [0.25, 0.3) is 0 Å². The zero-order chi connectivity index (χ0) is 13.1. The number of aliphatic hydroxyl groups excluding tert-OH is 1. The maximum absolute atomic E-state index is 9.99. The standard InChI is InChI=1S/C12H15BrN4O/c1-8-3-10(13)5-14-12(8)15-6-11(18)9-4-16-17(2)7-9/h3-5,7,11,18H,6H2,1-2H3,(H,14,15)/t11-/m1/s1. The second-order valence-corrected chi connectivity index (χ2v) is 5.08. The average Bonchev–Trinajstić information content (AvgIpc) is 2.74. The predicted octanol–water partition coefficient (Wildman–Crippen LogP) is 2.03. The number of hydrogen-bond acceptors (Lipinski definition) is 4. The summed E-state index contributed by atoms with van der Waals surface area (Å²) in [6.07, 6.45) is 4.59. The van der Waals surface area contributed by atoms with Gasteiger partial charge in [0.25, 0.3) is 0 Å². The molecule has 6 heteroatoms. The summed E-state index contributed by atoms with van der Waals surface area (Å²) < 4.78 is 2.61. The smallest absolute Gasteiger partial charge is 0.129 e. The number of halogens is 1. The first-order valence-electron chi connectivity index (χ1n) is 5.59. The lowest BCUT2D eigenvalue weighted by Gasteiger charge is -2.12. The van der Waals surface area contributed by atoms with Crippen molar-refractivity contribution in [2.45, 2.75) is 13.0 Å². The van der Waals surface area contributed by atoms with Crippen molar-refractivity contribution in [1.29, 1.82) is 0 Å². The number of pyridine rings is 1. The SMILES string of the molecule is Cc1cc(Br)cnc1NC[C@@H](O)c1cnn(C)c1. The molecule has 0 unspecified atom stereocenters. The van der Waals surface area contributed by atoms with Crippen LogP contribution in [0.3, 0.4) is 0 Å². The summed E-state index contributed by atoms with van der Waals surface area (Å²) in [4.78, 5) is 4.26. The third kappa shape index (κ3) is 3.08. The van der Waals surface area contributed by atoms with Crippen LogP contribution in [-0.2, 0) is 7.05 Å². The molecule has 0 saturated carbocycles. The lowest BCUT2D eigenvalue weighted by atomic mass is 10.2. The van der Waals surface area contributed by atoms with Crippen molar-refractivity contribution < 1.29 is 5.11 Å². The summed E-state index contributed by atoms with van der Waals surface area (Å²) in [6, 6.07) is 1.98. The highest BCUT2D eigenvalue weighted by molar-refractivity contribution is 9.10. The molecule has 2 heterocycles. The van der Waals surface area contributed by atoms with Gasteiger partial charge in [-0.2, -0.15) is 5.10 Å². The third-order valence-electron chi connectivity index (χ3n) is 2.62. The van der Waals surface area contributed by atoms with Crippen LogP contribution in [0.4, 0.5) is 5.82 Å². The topological polar surface area (TPSA) is 63.0 Å². The highest BCUT2D eigenvalue weighted by Gasteiger charge is 2.10. The van der Waals surface area contributed by atoms with Crippen molar-refractivity contribution >= 4 is 21.7 Å². The van der Waals surface area contributed by atoms with Crippen LogP contribution in [-0.4, -0.2) is 26.4 Å². The quantitative estimate of drug-likeness (QED) is 0.907. The van der Waals surface area contributed by atoms with Crippen molar-refractivity contribution in [3.63, 3.8) is 0 Å². The molecule has 2 aromatic rings. The zero-order valence-corrected chi connectivity index (χ0v) is 11.8. The van der Waals surface area contributed by atoms with Gasteiger partial charge in [-0.3, -0.25) is 4.68 Å². The number of aliphatic hydroxyl groups is 1. The van der Waals surface area contributed by atoms with Crippen LogP contribution in [0.15, 0.2) is 29.1 Å². The molecule has 2 aromatic heterocycles. The summed E-state index contributed by atoms with van der Waals surface area (Å²) in [5.74, 6) is 0.779. The molecule has 0 aromatic carbocycles. The molecule has 0 amide bonds. The first kappa shape index (κ1) is 13.0. The van der Waals surface area contributed by atoms with Gasteiger partial charge in [0.1, 0.15) is 5.82 Å². The minimum Gasteiger partial charge on any atom is -0.386 e. The monoisotopic (exact) mass is 310 g/mol. The Labute approximate surface area is 114 Å². The summed E-state index contributed by atoms with van der Waals surface area (Å²) in [6.45, 7) is 2.37. The maximum atomic E-state index is 9.99. The zero-order valence-electron chi connectivity index (χ0n) is 10.3. The Hall–Kier alpha value is -1.40. The average molecular weight is 311 g/mol. The molecule has 0 aliphatic carbocycles. The van der Waals surface area contributed by atoms with E-state index in [-0.39, 0.29) is 0 Å². The summed E-state index contributed by atoms with van der Waals surface area (Å²) in [5, 5.41) is 17.1. The molecule has 0 fully saturated rings. The number of rotatable bonds is 4. The largest absolute Gasteiger partial charge is 0.386 e. The normalized spacial score (nSPS) is 12.4. The van der Waals surface area contributed by atoms with Gasteiger partial charge >= 0.3 is 0 Å². The van der Waals surface area contributed by atoms with E-state index in [0.29, 0.717) is 6.54 Å². The Morgan fingerprint density at radius 3 is 2.89 bits per heavy atom. The second kappa shape index (κ2) is 5.49. The molecular formula is C12H15BrN4O. The molecule has 18 heavy (non-hydrogen) atoms. The fourth-order valence-electron chi connectivity index (χ4n) is 1.65. The minimum atomic E-state index is -0.594. The van der Waals surface area contributed by atoms with E-state index < -0.39 is 6.10 Å². The second-order valence-electron chi connectivity index (χ2n) is 4.16. The van der Waals surface area contributed by atoms with Gasteiger partial charge in [0.05, 0.1) is 12.3 Å². The molecular weight excluding hydrogens is 296 g/mol. The predicted molar refractivity (Wildman–Crippen MR) is 73.3 cm³/mol. The molecule has 0 saturated heterocycles. The molecule has 5 nitrogen and oxygen atoms in total. The van der Waals surface area contributed by atoms with E-state index in [2.05, 4.69) is 31.3 Å². The Bertz CT molecular complexity index is 541. The Morgan fingerprint density at radius 1 is 1.50 bits per heavy atom. The molecule has 0 aliphatic rings. The van der Waals surface area contributed by atoms with Crippen LogP contribution in [0.5, 0.6) is 0 Å². The van der Waals surface area contributed by atoms with Gasteiger partial charge in [-0.05, 0) is 34.5 Å². The highest BCUT2D eigenvalue weighted by atomic mass is 79.9. The Morgan fingerprint density at radius 2 is 2.28 bits per heavy atom. The minimum absolute atomic E-state index is 0.404. The van der Waals surface area contributed by atoms with Crippen LogP contribution >= 0.6 is 15.9 Å². The van der Waals surface area contributed by atoms with Crippen LogP contribution in [0.2, 0.25) is 0 Å². The molecule has 0 radical (unpaired) electrons. The molecule has 2 N–H and O–H groups in total. The molecule has 96 valence electrons. The molecule has 0 bridgehead atoms. The lowest BCUT2D eigenvalue weighted by molar-refractivity contribution is 0.191. The molecule has 0 aliphatic heterocycles. The molecule has 1 atom stereocenters. The van der Waals surface area contributed by atoms with E-state index in [1.807, 2.05) is 20.0 Å². The highest BCUT2D eigenvalue weighted by Crippen LogP contribution is 2.18. The van der Waals surface area contributed by atoms with Gasteiger partial charge in [0, 0.05) is 36.0 Å². The number of nitrogens with zero attached hydrogens (tertiary/aromatic N) is 3. The van der Waals surface area contributed by atoms with Gasteiger partial charge in [-0.25, -0.2) is 4.98 Å². The molecule has 2 rings (SSSR count). The first-order chi connectivity index (χ1) is 8.56. The first-order valence-corrected chi connectivity index (χ1v) is 6.38. The number of aromatic nitrogens is 3. The van der Waals surface area contributed by atoms with Crippen LogP contribution < -0.4 is 5.32 Å². The van der Waals surface area contributed by atoms with Gasteiger partial charge < -0.3 is 10.4 Å². The van der Waals surface area contributed by atoms with E-state index in [9.17, 15) is 5.11 Å². The Kier molecular flexibility index (Phi) is 3.98. The summed E-state index contributed by atoms with van der Waals surface area (Å²) >= 11 is 3.37. The number of aryl methyl sites for hydroxylation is 2. The van der Waals surface area contributed by atoms with Crippen molar-refractivity contribution in [2.24, 2.45) is 7.05 Å². The molecule has 0 spiro atoms. The lowest BCUT2D eigenvalue weighted by Crippen LogP contribution is -2.13. The number of hydrogen-bond donors (Lipinski definition) is 2. The Balaban J connectivity index is 1.99. The van der Waals surface area contributed by atoms with Crippen molar-refractivity contribution in [3.8, 4) is 0 Å². The number of anilines is 1. The maximum Gasteiger partial charge on any atom is 0.129 e. The fraction of sp³-hybridized carbons (Fsp3) is 0.333. The summed E-state index contributed by atoms with van der Waals surface area (Å²) in [5.41, 5.74) is 1.82. The summed E-state index contributed by atoms with van der Waals surface area (Å²) in [7, 11) is 1.82. The van der Waals surface area contributed by atoms with E-state index in [4.69, 9.17) is 0 Å². The van der Waals surface area contributed by atoms with Gasteiger partial charge in [-0.15, -0.1) is 0 Å². The van der Waals surface area contributed by atoms with Gasteiger partial charge in [-0.1, -0.05) is 0 Å². The third-order valence-corrected chi connectivity index (χ3v) is 3.05. The van der Waals surface area contributed by atoms with E-state index >= 15 is 0 Å². The van der Waals surface area contributed by atoms with Gasteiger partial charge in [0.15, 0.2) is 0 Å². The van der Waals surface area contributed by atoms with E-state index in [0.717, 1.165) is 21.4 Å².